The summed E-state index contributed by atoms with van der Waals surface area (Å²) in [7, 11) is 0. The van der Waals surface area contributed by atoms with Crippen LogP contribution >= 0.6 is 0 Å². The molecular formula is C14H20O8. The maximum atomic E-state index is 10.5. The molecule has 0 bridgehead atoms. The van der Waals surface area contributed by atoms with Crippen LogP contribution < -0.4 is 0 Å². The van der Waals surface area contributed by atoms with Crippen LogP contribution in [-0.2, 0) is 4.79 Å². The molecule has 6 N–H and O–H groups in total. The second kappa shape index (κ2) is 9.98. The molecule has 0 fully saturated rings. The van der Waals surface area contributed by atoms with Gasteiger partial charge in [-0.3, -0.25) is 4.79 Å². The summed E-state index contributed by atoms with van der Waals surface area (Å²) in [4.78, 5) is 20.7. The number of carbonyl (C=O) groups is 2. The molecule has 0 saturated heterocycles. The van der Waals surface area contributed by atoms with E-state index in [4.69, 9.17) is 30.6 Å². The second-order valence-corrected chi connectivity index (χ2v) is 4.46. The summed E-state index contributed by atoms with van der Waals surface area (Å²) in [6.07, 6.45) is -6.87. The summed E-state index contributed by atoms with van der Waals surface area (Å²) < 4.78 is 0. The first-order valence-electron chi connectivity index (χ1n) is 6.34. The van der Waals surface area contributed by atoms with Crippen molar-refractivity contribution < 1.29 is 40.2 Å². The van der Waals surface area contributed by atoms with E-state index >= 15 is 0 Å². The number of hydrogen-bond acceptors (Lipinski definition) is 7. The van der Waals surface area contributed by atoms with Crippen molar-refractivity contribution >= 4 is 11.8 Å². The Hall–Kier alpha value is -1.84. The van der Waals surface area contributed by atoms with Crippen LogP contribution in [0.5, 0.6) is 0 Å². The summed E-state index contributed by atoms with van der Waals surface area (Å²) in [5, 5.41) is 52.7. The van der Waals surface area contributed by atoms with Crippen molar-refractivity contribution in [2.24, 2.45) is 0 Å². The predicted octanol–water partition coefficient (Wildman–Crippen LogP) is -1.60. The van der Waals surface area contributed by atoms with Crippen LogP contribution in [0.2, 0.25) is 0 Å². The highest BCUT2D eigenvalue weighted by atomic mass is 16.4. The standard InChI is InChI=1S/C7H14O6.C7H6O2/c1-3(9)5(11)7(13)6(12)4(10)2-8;8-7(9)6-4-2-1-3-5-6/h4-8,10-13H,2H2,1H3;1-5H,(H,8,9)/t4-,5+,6-,7-;/m1./s1. The zero-order chi connectivity index (χ0) is 17.3. The molecule has 0 aromatic heterocycles. The molecule has 4 atom stereocenters. The van der Waals surface area contributed by atoms with Crippen molar-refractivity contribution in [3.63, 3.8) is 0 Å². The summed E-state index contributed by atoms with van der Waals surface area (Å²) in [6, 6.07) is 8.30. The number of ketones is 1. The molecule has 0 aliphatic rings. The van der Waals surface area contributed by atoms with Gasteiger partial charge in [0, 0.05) is 0 Å². The molecule has 1 rings (SSSR count). The summed E-state index contributed by atoms with van der Waals surface area (Å²) >= 11 is 0. The molecule has 0 aliphatic carbocycles. The van der Waals surface area contributed by atoms with Crippen molar-refractivity contribution in [2.75, 3.05) is 6.61 Å². The molecule has 124 valence electrons. The smallest absolute Gasteiger partial charge is 0.335 e. The molecule has 0 spiro atoms. The monoisotopic (exact) mass is 316 g/mol. The molecule has 22 heavy (non-hydrogen) atoms. The van der Waals surface area contributed by atoms with E-state index in [2.05, 4.69) is 0 Å². The van der Waals surface area contributed by atoms with Gasteiger partial charge in [0.15, 0.2) is 5.78 Å². The molecule has 1 aromatic rings. The van der Waals surface area contributed by atoms with Crippen LogP contribution in [0.1, 0.15) is 17.3 Å². The van der Waals surface area contributed by atoms with Gasteiger partial charge in [-0.15, -0.1) is 0 Å². The highest BCUT2D eigenvalue weighted by Crippen LogP contribution is 2.05. The van der Waals surface area contributed by atoms with E-state index < -0.39 is 42.8 Å². The predicted molar refractivity (Wildman–Crippen MR) is 75.2 cm³/mol. The lowest BCUT2D eigenvalue weighted by atomic mass is 10.0. The third-order valence-corrected chi connectivity index (χ3v) is 2.69. The average molecular weight is 316 g/mol. The Morgan fingerprint density at radius 1 is 1.00 bits per heavy atom. The van der Waals surface area contributed by atoms with Gasteiger partial charge in [-0.05, 0) is 19.1 Å². The van der Waals surface area contributed by atoms with Crippen molar-refractivity contribution in [1.82, 2.24) is 0 Å². The Labute approximate surface area is 126 Å². The molecule has 8 heteroatoms. The first-order valence-corrected chi connectivity index (χ1v) is 6.34. The minimum absolute atomic E-state index is 0.331. The lowest BCUT2D eigenvalue weighted by Gasteiger charge is -2.23. The molecule has 0 aliphatic heterocycles. The zero-order valence-electron chi connectivity index (χ0n) is 11.9. The van der Waals surface area contributed by atoms with E-state index in [-0.39, 0.29) is 0 Å². The van der Waals surface area contributed by atoms with Gasteiger partial charge in [-0.1, -0.05) is 18.2 Å². The van der Waals surface area contributed by atoms with Crippen molar-refractivity contribution in [3.05, 3.63) is 35.9 Å². The van der Waals surface area contributed by atoms with E-state index in [0.29, 0.717) is 5.56 Å². The quantitative estimate of drug-likeness (QED) is 0.366. The zero-order valence-corrected chi connectivity index (χ0v) is 11.9. The lowest BCUT2D eigenvalue weighted by molar-refractivity contribution is -0.145. The minimum Gasteiger partial charge on any atom is -0.478 e. The van der Waals surface area contributed by atoms with Crippen LogP contribution in [0.4, 0.5) is 0 Å². The molecule has 0 radical (unpaired) electrons. The number of benzene rings is 1. The molecule has 0 unspecified atom stereocenters. The van der Waals surface area contributed by atoms with Gasteiger partial charge in [-0.2, -0.15) is 0 Å². The van der Waals surface area contributed by atoms with Crippen molar-refractivity contribution in [2.45, 2.75) is 31.3 Å². The first kappa shape index (κ1) is 20.2. The Bertz CT molecular complexity index is 461. The molecule has 0 saturated carbocycles. The van der Waals surface area contributed by atoms with E-state index in [9.17, 15) is 9.59 Å². The van der Waals surface area contributed by atoms with Crippen molar-refractivity contribution in [1.29, 1.82) is 0 Å². The fourth-order valence-electron chi connectivity index (χ4n) is 1.34. The van der Waals surface area contributed by atoms with Gasteiger partial charge < -0.3 is 30.6 Å². The third-order valence-electron chi connectivity index (χ3n) is 2.69. The average Bonchev–Trinajstić information content (AvgIpc) is 2.53. The first-order chi connectivity index (χ1) is 10.2. The Kier molecular flexibility index (Phi) is 9.15. The lowest BCUT2D eigenvalue weighted by Crippen LogP contribution is -2.48. The van der Waals surface area contributed by atoms with Gasteiger partial charge in [-0.25, -0.2) is 4.79 Å². The fourth-order valence-corrected chi connectivity index (χ4v) is 1.34. The number of aliphatic hydroxyl groups is 5. The number of aliphatic hydroxyl groups excluding tert-OH is 5. The highest BCUT2D eigenvalue weighted by molar-refractivity contribution is 5.87. The Morgan fingerprint density at radius 3 is 1.82 bits per heavy atom. The Morgan fingerprint density at radius 2 is 1.50 bits per heavy atom. The van der Waals surface area contributed by atoms with Crippen LogP contribution in [0.3, 0.4) is 0 Å². The maximum absolute atomic E-state index is 10.5. The van der Waals surface area contributed by atoms with Gasteiger partial charge in [0.25, 0.3) is 0 Å². The van der Waals surface area contributed by atoms with Gasteiger partial charge in [0.05, 0.1) is 12.2 Å². The number of aromatic carboxylic acids is 1. The molecule has 0 heterocycles. The minimum atomic E-state index is -1.79. The second-order valence-electron chi connectivity index (χ2n) is 4.46. The number of carboxylic acids is 1. The van der Waals surface area contributed by atoms with E-state index in [0.717, 1.165) is 6.92 Å². The van der Waals surface area contributed by atoms with Crippen LogP contribution in [0.25, 0.3) is 0 Å². The maximum Gasteiger partial charge on any atom is 0.335 e. The molecular weight excluding hydrogens is 296 g/mol. The fraction of sp³-hybridized carbons (Fsp3) is 0.429. The van der Waals surface area contributed by atoms with E-state index in [1.807, 2.05) is 0 Å². The summed E-state index contributed by atoms with van der Waals surface area (Å²) in [5.74, 6) is -1.60. The normalized spacial score (nSPS) is 15.7. The van der Waals surface area contributed by atoms with Crippen LogP contribution in [0.15, 0.2) is 30.3 Å². The summed E-state index contributed by atoms with van der Waals surface area (Å²) in [6.45, 7) is 0.273. The van der Waals surface area contributed by atoms with E-state index in [1.54, 1.807) is 30.3 Å². The van der Waals surface area contributed by atoms with Gasteiger partial charge >= 0.3 is 5.97 Å². The number of rotatable bonds is 6. The highest BCUT2D eigenvalue weighted by Gasteiger charge is 2.32. The Balaban J connectivity index is 0.000000425. The molecule has 8 nitrogen and oxygen atoms in total. The summed E-state index contributed by atoms with van der Waals surface area (Å²) in [5.41, 5.74) is 0.331. The van der Waals surface area contributed by atoms with E-state index in [1.165, 1.54) is 0 Å². The van der Waals surface area contributed by atoms with Gasteiger partial charge in [0.2, 0.25) is 0 Å². The molecule has 1 aromatic carbocycles. The third kappa shape index (κ3) is 6.74. The van der Waals surface area contributed by atoms with Crippen LogP contribution in [-0.4, -0.2) is 73.4 Å². The SMILES string of the molecule is CC(=O)[C@H](O)[C@@H](O)[C@H](O)[C@H](O)CO.O=C(O)c1ccccc1. The van der Waals surface area contributed by atoms with Crippen LogP contribution in [0, 0.1) is 0 Å². The van der Waals surface area contributed by atoms with Gasteiger partial charge in [0.1, 0.15) is 24.4 Å². The molecule has 0 amide bonds. The number of hydrogen-bond donors (Lipinski definition) is 6. The largest absolute Gasteiger partial charge is 0.478 e. The topological polar surface area (TPSA) is 156 Å². The number of carboxylic acid groups (broad SMARTS) is 1. The van der Waals surface area contributed by atoms with Crippen molar-refractivity contribution in [3.8, 4) is 0 Å². The number of carbonyl (C=O) groups excluding carboxylic acids is 1. The number of Topliss-reactive ketones (excluding diaryl/α,β-unsaturated/α-hetero) is 1.